The van der Waals surface area contributed by atoms with Crippen molar-refractivity contribution in [1.29, 1.82) is 0 Å². The smallest absolute Gasteiger partial charge is 0.310 e. The van der Waals surface area contributed by atoms with Gasteiger partial charge in [0, 0.05) is 11.5 Å². The highest BCUT2D eigenvalue weighted by molar-refractivity contribution is 5.76. The third kappa shape index (κ3) is 3.70. The van der Waals surface area contributed by atoms with Crippen LogP contribution in [0.1, 0.15) is 111 Å². The minimum absolute atomic E-state index is 0.0166. The van der Waals surface area contributed by atoms with Gasteiger partial charge >= 0.3 is 5.97 Å². The summed E-state index contributed by atoms with van der Waals surface area (Å²) in [7, 11) is 0. The maximum absolute atomic E-state index is 14.3. The van der Waals surface area contributed by atoms with E-state index in [-0.39, 0.29) is 33.0 Å². The van der Waals surface area contributed by atoms with Gasteiger partial charge in [-0.15, -0.1) is 0 Å². The molecule has 1 aromatic heterocycles. The van der Waals surface area contributed by atoms with Crippen molar-refractivity contribution in [2.24, 2.45) is 44.8 Å². The fourth-order valence-electron chi connectivity index (χ4n) is 12.1. The standard InChI is InChI=1S/C37H48F2N2O2/c1-32(2)12-14-37(31(42)43)15-13-35(6)26(27(37)20-32)8-9-29-34(5)19-22-21-40-41(25-17-23(38)16-24(39)18-25)30(22)33(3,4)28(34)10-11-36(29,35)7/h8,16-18,21,27-29H,9-15,19-20H2,1-7H3,(H,42,43)/t27-,28-,29+,34-,35+,36+,37-/m0/s1. The first-order valence-electron chi connectivity index (χ1n) is 16.5. The molecule has 0 bridgehead atoms. The Hall–Kier alpha value is -2.50. The highest BCUT2D eigenvalue weighted by Gasteiger charge is 2.69. The predicted molar refractivity (Wildman–Crippen MR) is 164 cm³/mol. The van der Waals surface area contributed by atoms with Crippen LogP contribution >= 0.6 is 0 Å². The molecule has 232 valence electrons. The molecule has 4 nitrogen and oxygen atoms in total. The number of carboxylic acid groups (broad SMARTS) is 1. The van der Waals surface area contributed by atoms with Gasteiger partial charge < -0.3 is 5.11 Å². The zero-order chi connectivity index (χ0) is 31.0. The van der Waals surface area contributed by atoms with E-state index in [2.05, 4.69) is 54.5 Å². The highest BCUT2D eigenvalue weighted by atomic mass is 19.1. The van der Waals surface area contributed by atoms with Crippen molar-refractivity contribution in [3.63, 3.8) is 0 Å². The van der Waals surface area contributed by atoms with Crippen molar-refractivity contribution in [3.05, 3.63) is 58.9 Å². The number of rotatable bonds is 2. The Balaban J connectivity index is 1.32. The fraction of sp³-hybridized carbons (Fsp3) is 0.676. The SMILES string of the molecule is CC1(C)CC[C@]2(C(=O)O)CC[C@]3(C)C(=CC[C@@H]4[C@@]5(C)Cc6cnn(-c7cc(F)cc(F)c7)c6C(C)(C)[C@@H]5CC[C@]43C)[C@@H]2C1. The van der Waals surface area contributed by atoms with Crippen LogP contribution in [0.2, 0.25) is 0 Å². The Morgan fingerprint density at radius 1 is 0.930 bits per heavy atom. The topological polar surface area (TPSA) is 55.1 Å². The Bertz CT molecular complexity index is 1540. The van der Waals surface area contributed by atoms with Crippen LogP contribution in [0.3, 0.4) is 0 Å². The molecule has 0 unspecified atom stereocenters. The number of aliphatic carboxylic acids is 1. The zero-order valence-electron chi connectivity index (χ0n) is 27.0. The third-order valence-electron chi connectivity index (χ3n) is 14.3. The summed E-state index contributed by atoms with van der Waals surface area (Å²) in [6, 6.07) is 3.66. The number of hydrogen-bond donors (Lipinski definition) is 1. The second kappa shape index (κ2) is 8.81. The number of benzene rings is 1. The molecule has 5 aliphatic carbocycles. The molecule has 0 saturated heterocycles. The first-order valence-corrected chi connectivity index (χ1v) is 16.5. The maximum Gasteiger partial charge on any atom is 0.310 e. The summed E-state index contributed by atoms with van der Waals surface area (Å²) in [5.41, 5.74) is 3.47. The van der Waals surface area contributed by atoms with Crippen molar-refractivity contribution in [2.75, 3.05) is 0 Å². The summed E-state index contributed by atoms with van der Waals surface area (Å²) in [6.45, 7) is 16.8. The largest absolute Gasteiger partial charge is 0.481 e. The van der Waals surface area contributed by atoms with Gasteiger partial charge in [-0.05, 0) is 115 Å². The van der Waals surface area contributed by atoms with Crippen molar-refractivity contribution < 1.29 is 18.7 Å². The fourth-order valence-corrected chi connectivity index (χ4v) is 12.1. The third-order valence-corrected chi connectivity index (χ3v) is 14.3. The van der Waals surface area contributed by atoms with E-state index in [1.54, 1.807) is 4.68 Å². The highest BCUT2D eigenvalue weighted by Crippen LogP contribution is 2.75. The zero-order valence-corrected chi connectivity index (χ0v) is 27.0. The lowest BCUT2D eigenvalue weighted by Gasteiger charge is -2.70. The summed E-state index contributed by atoms with van der Waals surface area (Å²) < 4.78 is 30.3. The number of aromatic nitrogens is 2. The molecule has 2 aromatic rings. The van der Waals surface area contributed by atoms with Gasteiger partial charge in [-0.25, -0.2) is 13.5 Å². The van der Waals surface area contributed by atoms with E-state index in [1.165, 1.54) is 23.3 Å². The summed E-state index contributed by atoms with van der Waals surface area (Å²) in [5.74, 6) is -0.835. The summed E-state index contributed by atoms with van der Waals surface area (Å²) in [5, 5.41) is 15.4. The lowest BCUT2D eigenvalue weighted by Crippen LogP contribution is -2.64. The molecular weight excluding hydrogens is 542 g/mol. The van der Waals surface area contributed by atoms with Crippen LogP contribution in [0, 0.1) is 56.5 Å². The minimum atomic E-state index is -0.627. The normalized spacial score (nSPS) is 40.7. The number of carboxylic acids is 1. The van der Waals surface area contributed by atoms with E-state index >= 15 is 0 Å². The lowest BCUT2D eigenvalue weighted by molar-refractivity contribution is -0.177. The Morgan fingerprint density at radius 3 is 2.28 bits per heavy atom. The van der Waals surface area contributed by atoms with E-state index in [1.807, 2.05) is 6.20 Å². The quantitative estimate of drug-likeness (QED) is 0.355. The van der Waals surface area contributed by atoms with Gasteiger partial charge in [-0.2, -0.15) is 5.10 Å². The molecule has 0 amide bonds. The molecule has 1 heterocycles. The molecule has 7 atom stereocenters. The van der Waals surface area contributed by atoms with E-state index in [0.29, 0.717) is 17.5 Å². The van der Waals surface area contributed by atoms with Crippen LogP contribution in [-0.4, -0.2) is 20.9 Å². The Labute approximate surface area is 255 Å². The van der Waals surface area contributed by atoms with Gasteiger partial charge in [0.25, 0.3) is 0 Å². The van der Waals surface area contributed by atoms with Crippen LogP contribution in [0.4, 0.5) is 8.78 Å². The average molecular weight is 591 g/mol. The summed E-state index contributed by atoms with van der Waals surface area (Å²) >= 11 is 0. The molecule has 1 aromatic carbocycles. The van der Waals surface area contributed by atoms with Gasteiger partial charge in [0.15, 0.2) is 0 Å². The molecule has 0 radical (unpaired) electrons. The Morgan fingerprint density at radius 2 is 1.60 bits per heavy atom. The van der Waals surface area contributed by atoms with Crippen LogP contribution in [0.15, 0.2) is 36.0 Å². The second-order valence-electron chi connectivity index (χ2n) is 17.1. The average Bonchev–Trinajstić information content (AvgIpc) is 3.32. The van der Waals surface area contributed by atoms with Crippen LogP contribution in [0.25, 0.3) is 5.69 Å². The van der Waals surface area contributed by atoms with Crippen molar-refractivity contribution in [1.82, 2.24) is 9.78 Å². The summed E-state index contributed by atoms with van der Waals surface area (Å²) in [4.78, 5) is 13.0. The van der Waals surface area contributed by atoms with E-state index in [4.69, 9.17) is 5.10 Å². The molecule has 3 saturated carbocycles. The Kier molecular flexibility index (Phi) is 5.99. The van der Waals surface area contributed by atoms with Gasteiger partial charge in [0.05, 0.1) is 23.0 Å². The first-order chi connectivity index (χ1) is 20.0. The minimum Gasteiger partial charge on any atom is -0.481 e. The number of allylic oxidation sites excluding steroid dienone is 2. The van der Waals surface area contributed by atoms with Crippen molar-refractivity contribution in [3.8, 4) is 5.69 Å². The van der Waals surface area contributed by atoms with Gasteiger partial charge in [0.1, 0.15) is 11.6 Å². The number of halogens is 2. The van der Waals surface area contributed by atoms with Crippen molar-refractivity contribution >= 4 is 5.97 Å². The van der Waals surface area contributed by atoms with Gasteiger partial charge in [-0.1, -0.05) is 60.1 Å². The molecule has 43 heavy (non-hydrogen) atoms. The molecule has 7 rings (SSSR count). The first kappa shape index (κ1) is 29.2. The van der Waals surface area contributed by atoms with Gasteiger partial charge in [0.2, 0.25) is 0 Å². The van der Waals surface area contributed by atoms with E-state index in [0.717, 1.165) is 69.5 Å². The second-order valence-corrected chi connectivity index (χ2v) is 17.1. The van der Waals surface area contributed by atoms with E-state index < -0.39 is 23.0 Å². The van der Waals surface area contributed by atoms with Crippen LogP contribution in [-0.2, 0) is 16.6 Å². The number of carbonyl (C=O) groups is 1. The lowest BCUT2D eigenvalue weighted by atomic mass is 9.33. The number of hydrogen-bond acceptors (Lipinski definition) is 2. The van der Waals surface area contributed by atoms with Crippen LogP contribution in [0.5, 0.6) is 0 Å². The maximum atomic E-state index is 14.3. The molecule has 5 aliphatic rings. The molecule has 6 heteroatoms. The number of fused-ring (bicyclic) bond motifs is 8. The van der Waals surface area contributed by atoms with Crippen LogP contribution < -0.4 is 0 Å². The van der Waals surface area contributed by atoms with Gasteiger partial charge in [-0.3, -0.25) is 4.79 Å². The molecule has 0 spiro atoms. The molecular formula is C37H48F2N2O2. The van der Waals surface area contributed by atoms with E-state index in [9.17, 15) is 18.7 Å². The molecule has 0 aliphatic heterocycles. The summed E-state index contributed by atoms with van der Waals surface area (Å²) in [6.07, 6.45) is 12.9. The molecule has 3 fully saturated rings. The predicted octanol–water partition coefficient (Wildman–Crippen LogP) is 9.05. The number of nitrogens with zero attached hydrogens (tertiary/aromatic N) is 2. The molecule has 1 N–H and O–H groups in total. The van der Waals surface area contributed by atoms with Crippen molar-refractivity contribution in [2.45, 2.75) is 112 Å². The monoisotopic (exact) mass is 590 g/mol.